The van der Waals surface area contributed by atoms with Crippen molar-refractivity contribution in [2.24, 2.45) is 0 Å². The quantitative estimate of drug-likeness (QED) is 0.167. The van der Waals surface area contributed by atoms with Gasteiger partial charge in [0, 0.05) is 25.4 Å². The second-order valence-corrected chi connectivity index (χ2v) is 8.37. The predicted molar refractivity (Wildman–Crippen MR) is 99.3 cm³/mol. The second kappa shape index (κ2) is 11.1. The van der Waals surface area contributed by atoms with E-state index in [9.17, 15) is 14.5 Å². The summed E-state index contributed by atoms with van der Waals surface area (Å²) in [5.74, 6) is -0.727. The molecule has 0 saturated heterocycles. The van der Waals surface area contributed by atoms with Crippen LogP contribution in [-0.4, -0.2) is 80.2 Å². The van der Waals surface area contributed by atoms with Crippen molar-refractivity contribution in [1.29, 1.82) is 0 Å². The molecule has 0 saturated carbocycles. The van der Waals surface area contributed by atoms with Gasteiger partial charge in [0.1, 0.15) is 6.54 Å². The Morgan fingerprint density at radius 3 is 1.96 bits per heavy atom. The van der Waals surface area contributed by atoms with E-state index in [1.54, 1.807) is 20.8 Å². The van der Waals surface area contributed by atoms with Crippen LogP contribution in [0.15, 0.2) is 12.2 Å². The minimum Gasteiger partial charge on any atom is -0.426 e. The average Bonchev–Trinajstić information content (AvgIpc) is 2.51. The van der Waals surface area contributed by atoms with Gasteiger partial charge in [-0.05, 0) is 27.7 Å². The summed E-state index contributed by atoms with van der Waals surface area (Å²) in [6, 6.07) is 0. The van der Waals surface area contributed by atoms with Crippen molar-refractivity contribution >= 4 is 19.6 Å². The fourth-order valence-electron chi connectivity index (χ4n) is 2.02. The van der Waals surface area contributed by atoms with Gasteiger partial charge in [0.05, 0.1) is 21.1 Å². The van der Waals surface area contributed by atoms with Crippen LogP contribution in [0.1, 0.15) is 27.7 Å². The molecule has 26 heavy (non-hydrogen) atoms. The molecule has 0 aromatic rings. The van der Waals surface area contributed by atoms with Crippen molar-refractivity contribution in [2.45, 2.75) is 39.5 Å². The van der Waals surface area contributed by atoms with Crippen LogP contribution in [0.3, 0.4) is 0 Å². The third-order valence-corrected chi connectivity index (χ3v) is 4.70. The zero-order valence-electron chi connectivity index (χ0n) is 16.9. The van der Waals surface area contributed by atoms with Crippen LogP contribution in [-0.2, 0) is 28.5 Å². The maximum atomic E-state index is 12.7. The number of carbonyl (C=O) groups is 2. The highest BCUT2D eigenvalue weighted by Crippen LogP contribution is 2.52. The van der Waals surface area contributed by atoms with Gasteiger partial charge in [-0.3, -0.25) is 4.79 Å². The molecule has 0 rings (SSSR count). The molecule has 2 atom stereocenters. The van der Waals surface area contributed by atoms with E-state index in [0.29, 0.717) is 4.48 Å². The lowest BCUT2D eigenvalue weighted by molar-refractivity contribution is -0.861. The number of likely N-dealkylation sites (N-methyl/N-ethyl adjacent to an activating group) is 1. The van der Waals surface area contributed by atoms with Crippen LogP contribution in [0, 0.1) is 0 Å². The average molecular weight is 394 g/mol. The van der Waals surface area contributed by atoms with Crippen LogP contribution < -0.4 is 0 Å². The van der Waals surface area contributed by atoms with Crippen molar-refractivity contribution in [2.75, 3.05) is 47.5 Å². The van der Waals surface area contributed by atoms with Crippen LogP contribution in [0.4, 0.5) is 0 Å². The summed E-state index contributed by atoms with van der Waals surface area (Å²) in [4.78, 5) is 35.6. The highest BCUT2D eigenvalue weighted by Gasteiger charge is 2.55. The van der Waals surface area contributed by atoms with Crippen molar-refractivity contribution in [3.63, 3.8) is 0 Å². The van der Waals surface area contributed by atoms with Crippen molar-refractivity contribution < 1.29 is 37.9 Å². The first-order chi connectivity index (χ1) is 11.9. The third-order valence-electron chi connectivity index (χ3n) is 3.02. The summed E-state index contributed by atoms with van der Waals surface area (Å²) in [7, 11) is 2.98. The highest BCUT2D eigenvalue weighted by molar-refractivity contribution is 7.70. The molecule has 1 N–H and O–H groups in total. The van der Waals surface area contributed by atoms with Gasteiger partial charge in [0.25, 0.3) is 11.8 Å². The summed E-state index contributed by atoms with van der Waals surface area (Å²) < 4.78 is 22.4. The molecule has 0 aromatic carbocycles. The van der Waals surface area contributed by atoms with Gasteiger partial charge in [0.15, 0.2) is 8.15 Å². The highest BCUT2D eigenvalue weighted by atomic mass is 31.1. The standard InChI is InChI=1S/C17H33NO7P/c1-9-22-16(25-15(20)13(4)5)17(23-10-2,24-11-3)26(21)14(19)12-18(6,7)8/h16,21H,4,9-12H2,1-3,5-8H3/q+1. The van der Waals surface area contributed by atoms with Crippen LogP contribution in [0.2, 0.25) is 0 Å². The molecule has 0 aliphatic carbocycles. The molecule has 0 radical (unpaired) electrons. The molecule has 0 aromatic heterocycles. The summed E-state index contributed by atoms with van der Waals surface area (Å²) in [5.41, 5.74) is -2.21. The number of hydrogen-bond donors (Lipinski definition) is 1. The van der Waals surface area contributed by atoms with E-state index in [4.69, 9.17) is 18.9 Å². The van der Waals surface area contributed by atoms with E-state index in [1.165, 1.54) is 6.92 Å². The van der Waals surface area contributed by atoms with E-state index in [0.717, 1.165) is 0 Å². The number of hydrogen-bond acceptors (Lipinski definition) is 7. The minimum absolute atomic E-state index is 0.0530. The number of esters is 1. The zero-order valence-corrected chi connectivity index (χ0v) is 17.8. The molecule has 0 spiro atoms. The molecule has 9 heteroatoms. The van der Waals surface area contributed by atoms with Crippen molar-refractivity contribution in [1.82, 2.24) is 0 Å². The summed E-state index contributed by atoms with van der Waals surface area (Å²) >= 11 is 0. The van der Waals surface area contributed by atoms with Gasteiger partial charge >= 0.3 is 5.97 Å². The van der Waals surface area contributed by atoms with E-state index in [-0.39, 0.29) is 31.9 Å². The lowest BCUT2D eigenvalue weighted by atomic mass is 10.4. The van der Waals surface area contributed by atoms with Gasteiger partial charge in [-0.2, -0.15) is 0 Å². The molecule has 0 heterocycles. The molecule has 0 bridgehead atoms. The number of quaternary nitrogens is 1. The molecule has 2 unspecified atom stereocenters. The first-order valence-electron chi connectivity index (χ1n) is 8.53. The Morgan fingerprint density at radius 2 is 1.62 bits per heavy atom. The lowest BCUT2D eigenvalue weighted by Gasteiger charge is -2.40. The molecule has 0 fully saturated rings. The minimum atomic E-state index is -2.50. The second-order valence-electron chi connectivity index (χ2n) is 6.62. The SMILES string of the molecule is C=C(C)C(=O)OC(OCC)C(OCC)(OCC)P(O)C(=O)C[N+](C)(C)C. The van der Waals surface area contributed by atoms with E-state index < -0.39 is 31.5 Å². The topological polar surface area (TPSA) is 91.3 Å². The van der Waals surface area contributed by atoms with Gasteiger partial charge in [-0.25, -0.2) is 4.79 Å². The number of rotatable bonds is 13. The van der Waals surface area contributed by atoms with E-state index >= 15 is 0 Å². The molecule has 0 aliphatic heterocycles. The summed E-state index contributed by atoms with van der Waals surface area (Å²) in [6.45, 7) is 10.5. The largest absolute Gasteiger partial charge is 0.426 e. The molecule has 8 nitrogen and oxygen atoms in total. The van der Waals surface area contributed by atoms with Crippen LogP contribution in [0.5, 0.6) is 0 Å². The van der Waals surface area contributed by atoms with E-state index in [2.05, 4.69) is 6.58 Å². The first kappa shape index (κ1) is 25.1. The Morgan fingerprint density at radius 1 is 1.12 bits per heavy atom. The lowest BCUT2D eigenvalue weighted by Crippen LogP contribution is -2.52. The van der Waals surface area contributed by atoms with Crippen LogP contribution >= 0.6 is 8.15 Å². The maximum Gasteiger partial charge on any atom is 0.335 e. The van der Waals surface area contributed by atoms with Gasteiger partial charge in [-0.1, -0.05) is 6.58 Å². The zero-order chi connectivity index (χ0) is 20.5. The van der Waals surface area contributed by atoms with Gasteiger partial charge in [-0.15, -0.1) is 0 Å². The Balaban J connectivity index is 5.96. The normalized spacial score (nSPS) is 14.6. The Hall–Kier alpha value is -0.890. The molecule has 0 aliphatic rings. The summed E-state index contributed by atoms with van der Waals surface area (Å²) in [6.07, 6.45) is -1.41. The van der Waals surface area contributed by atoms with Crippen LogP contribution in [0.25, 0.3) is 0 Å². The monoisotopic (exact) mass is 394 g/mol. The van der Waals surface area contributed by atoms with Gasteiger partial charge in [0.2, 0.25) is 5.52 Å². The predicted octanol–water partition coefficient (Wildman–Crippen LogP) is 1.82. The third kappa shape index (κ3) is 7.39. The number of ether oxygens (including phenoxy) is 4. The number of nitrogens with zero attached hydrogens (tertiary/aromatic N) is 1. The van der Waals surface area contributed by atoms with Gasteiger partial charge < -0.3 is 28.3 Å². The molecular weight excluding hydrogens is 361 g/mol. The molecular formula is C17H33NO7P+. The first-order valence-corrected chi connectivity index (χ1v) is 9.82. The Kier molecular flexibility index (Phi) is 10.7. The smallest absolute Gasteiger partial charge is 0.335 e. The van der Waals surface area contributed by atoms with Crippen molar-refractivity contribution in [3.05, 3.63) is 12.2 Å². The summed E-state index contributed by atoms with van der Waals surface area (Å²) in [5, 5.41) is 0. The Labute approximate surface area is 157 Å². The van der Waals surface area contributed by atoms with Crippen molar-refractivity contribution in [3.8, 4) is 0 Å². The Bertz CT molecular complexity index is 484. The number of carbonyl (C=O) groups excluding carboxylic acids is 2. The maximum absolute atomic E-state index is 12.7. The fourth-order valence-corrected chi connectivity index (χ4v) is 3.76. The fraction of sp³-hybridized carbons (Fsp3) is 0.765. The molecule has 152 valence electrons. The van der Waals surface area contributed by atoms with E-state index in [1.807, 2.05) is 21.1 Å². The molecule has 0 amide bonds.